The topological polar surface area (TPSA) is 94.5 Å². The SMILES string of the molecule is O=C(Nc1cccc(O)c1)Nc1nc2ccc(O)cc2s1. The van der Waals surface area contributed by atoms with Crippen LogP contribution < -0.4 is 10.6 Å². The highest BCUT2D eigenvalue weighted by atomic mass is 32.1. The fourth-order valence-corrected chi connectivity index (χ4v) is 2.70. The summed E-state index contributed by atoms with van der Waals surface area (Å²) in [5.41, 5.74) is 1.18. The lowest BCUT2D eigenvalue weighted by Gasteiger charge is -2.05. The molecule has 0 aliphatic heterocycles. The number of nitrogens with zero attached hydrogens (tertiary/aromatic N) is 1. The summed E-state index contributed by atoms with van der Waals surface area (Å²) in [4.78, 5) is 16.1. The van der Waals surface area contributed by atoms with Gasteiger partial charge >= 0.3 is 6.03 Å². The molecule has 2 aromatic carbocycles. The van der Waals surface area contributed by atoms with Gasteiger partial charge in [-0.3, -0.25) is 5.32 Å². The Morgan fingerprint density at radius 3 is 2.67 bits per heavy atom. The van der Waals surface area contributed by atoms with Gasteiger partial charge in [0, 0.05) is 11.8 Å². The molecular weight excluding hydrogens is 290 g/mol. The first kappa shape index (κ1) is 13.2. The Morgan fingerprint density at radius 2 is 1.86 bits per heavy atom. The van der Waals surface area contributed by atoms with Gasteiger partial charge in [0.2, 0.25) is 0 Å². The number of hydrogen-bond acceptors (Lipinski definition) is 5. The first-order chi connectivity index (χ1) is 10.1. The molecule has 0 saturated heterocycles. The van der Waals surface area contributed by atoms with E-state index in [2.05, 4.69) is 15.6 Å². The van der Waals surface area contributed by atoms with Crippen molar-refractivity contribution < 1.29 is 15.0 Å². The Labute approximate surface area is 123 Å². The minimum absolute atomic E-state index is 0.0725. The number of urea groups is 1. The molecule has 1 heterocycles. The summed E-state index contributed by atoms with van der Waals surface area (Å²) in [6.07, 6.45) is 0. The van der Waals surface area contributed by atoms with Gasteiger partial charge in [0.1, 0.15) is 11.5 Å². The molecule has 0 bridgehead atoms. The van der Waals surface area contributed by atoms with Crippen LogP contribution in [0.5, 0.6) is 11.5 Å². The van der Waals surface area contributed by atoms with Gasteiger partial charge in [-0.05, 0) is 30.3 Å². The van der Waals surface area contributed by atoms with Crippen LogP contribution in [0.4, 0.5) is 15.6 Å². The number of phenols is 2. The summed E-state index contributed by atoms with van der Waals surface area (Å²) in [6, 6.07) is 10.6. The molecule has 0 spiro atoms. The quantitative estimate of drug-likeness (QED) is 0.584. The van der Waals surface area contributed by atoms with Crippen molar-refractivity contribution in [1.82, 2.24) is 4.98 Å². The summed E-state index contributed by atoms with van der Waals surface area (Å²) >= 11 is 1.26. The van der Waals surface area contributed by atoms with E-state index in [-0.39, 0.29) is 11.5 Å². The predicted molar refractivity (Wildman–Crippen MR) is 82.0 cm³/mol. The van der Waals surface area contributed by atoms with Crippen LogP contribution in [-0.2, 0) is 0 Å². The number of aromatic nitrogens is 1. The van der Waals surface area contributed by atoms with Crippen molar-refractivity contribution in [3.8, 4) is 11.5 Å². The number of carbonyl (C=O) groups is 1. The molecule has 0 fully saturated rings. The second kappa shape index (κ2) is 5.29. The van der Waals surface area contributed by atoms with Gasteiger partial charge in [0.15, 0.2) is 5.13 Å². The summed E-state index contributed by atoms with van der Waals surface area (Å²) in [5.74, 6) is 0.227. The van der Waals surface area contributed by atoms with E-state index in [0.717, 1.165) is 4.70 Å². The number of carbonyl (C=O) groups excluding carboxylic acids is 1. The van der Waals surface area contributed by atoms with Gasteiger partial charge in [-0.25, -0.2) is 9.78 Å². The van der Waals surface area contributed by atoms with Crippen LogP contribution in [-0.4, -0.2) is 21.2 Å². The van der Waals surface area contributed by atoms with E-state index < -0.39 is 6.03 Å². The van der Waals surface area contributed by atoms with E-state index in [1.54, 1.807) is 30.3 Å². The Balaban J connectivity index is 1.74. The fourth-order valence-electron chi connectivity index (χ4n) is 1.81. The highest BCUT2D eigenvalue weighted by Crippen LogP contribution is 2.28. The molecule has 4 N–H and O–H groups in total. The van der Waals surface area contributed by atoms with Gasteiger partial charge < -0.3 is 15.5 Å². The van der Waals surface area contributed by atoms with E-state index in [1.165, 1.54) is 23.5 Å². The minimum atomic E-state index is -0.455. The molecule has 0 atom stereocenters. The van der Waals surface area contributed by atoms with Crippen LogP contribution in [0.3, 0.4) is 0 Å². The van der Waals surface area contributed by atoms with E-state index in [1.807, 2.05) is 0 Å². The van der Waals surface area contributed by atoms with E-state index >= 15 is 0 Å². The summed E-state index contributed by atoms with van der Waals surface area (Å²) < 4.78 is 0.780. The van der Waals surface area contributed by atoms with Gasteiger partial charge in [-0.15, -0.1) is 0 Å². The number of benzene rings is 2. The third-order valence-corrected chi connectivity index (χ3v) is 3.63. The molecule has 0 aliphatic carbocycles. The maximum atomic E-state index is 11.9. The normalized spacial score (nSPS) is 10.5. The van der Waals surface area contributed by atoms with Crippen molar-refractivity contribution in [1.29, 1.82) is 0 Å². The van der Waals surface area contributed by atoms with E-state index in [4.69, 9.17) is 0 Å². The van der Waals surface area contributed by atoms with Gasteiger partial charge in [-0.1, -0.05) is 17.4 Å². The lowest BCUT2D eigenvalue weighted by Crippen LogP contribution is -2.19. The highest BCUT2D eigenvalue weighted by Gasteiger charge is 2.08. The average Bonchev–Trinajstić information content (AvgIpc) is 2.79. The first-order valence-electron chi connectivity index (χ1n) is 6.07. The van der Waals surface area contributed by atoms with Crippen LogP contribution in [0, 0.1) is 0 Å². The molecule has 7 heteroatoms. The van der Waals surface area contributed by atoms with Crippen LogP contribution in [0.25, 0.3) is 10.2 Å². The van der Waals surface area contributed by atoms with E-state index in [9.17, 15) is 15.0 Å². The number of nitrogens with one attached hydrogen (secondary N) is 2. The number of anilines is 2. The molecule has 3 aromatic rings. The Kier molecular flexibility index (Phi) is 3.33. The molecule has 0 unspecified atom stereocenters. The number of amides is 2. The van der Waals surface area contributed by atoms with Crippen LogP contribution in [0.1, 0.15) is 0 Å². The monoisotopic (exact) mass is 301 g/mol. The van der Waals surface area contributed by atoms with Crippen LogP contribution in [0.2, 0.25) is 0 Å². The molecule has 2 amide bonds. The number of thiazole rings is 1. The summed E-state index contributed by atoms with van der Waals surface area (Å²) in [7, 11) is 0. The minimum Gasteiger partial charge on any atom is -0.508 e. The molecule has 0 saturated carbocycles. The largest absolute Gasteiger partial charge is 0.508 e. The molecular formula is C14H11N3O3S. The third-order valence-electron chi connectivity index (χ3n) is 2.70. The van der Waals surface area contributed by atoms with Crippen molar-refractivity contribution in [3.05, 3.63) is 42.5 Å². The molecule has 21 heavy (non-hydrogen) atoms. The highest BCUT2D eigenvalue weighted by molar-refractivity contribution is 7.22. The molecule has 0 radical (unpaired) electrons. The zero-order valence-corrected chi connectivity index (χ0v) is 11.5. The molecule has 3 rings (SSSR count). The number of hydrogen-bond donors (Lipinski definition) is 4. The maximum absolute atomic E-state index is 11.9. The number of aromatic hydroxyl groups is 2. The van der Waals surface area contributed by atoms with Crippen LogP contribution in [0.15, 0.2) is 42.5 Å². The Morgan fingerprint density at radius 1 is 1.05 bits per heavy atom. The maximum Gasteiger partial charge on any atom is 0.325 e. The lowest BCUT2D eigenvalue weighted by atomic mass is 10.3. The van der Waals surface area contributed by atoms with Crippen LogP contribution >= 0.6 is 11.3 Å². The summed E-state index contributed by atoms with van der Waals surface area (Å²) in [5, 5.41) is 24.4. The second-order valence-corrected chi connectivity index (χ2v) is 5.33. The third kappa shape index (κ3) is 3.03. The van der Waals surface area contributed by atoms with Crippen molar-refractivity contribution in [2.24, 2.45) is 0 Å². The zero-order chi connectivity index (χ0) is 14.8. The fraction of sp³-hybridized carbons (Fsp3) is 0. The second-order valence-electron chi connectivity index (χ2n) is 4.30. The van der Waals surface area contributed by atoms with Gasteiger partial charge in [0.25, 0.3) is 0 Å². The average molecular weight is 301 g/mol. The number of phenolic OH excluding ortho intramolecular Hbond substituents is 2. The first-order valence-corrected chi connectivity index (χ1v) is 6.88. The number of rotatable bonds is 2. The molecule has 1 aromatic heterocycles. The Bertz CT molecular complexity index is 816. The summed E-state index contributed by atoms with van der Waals surface area (Å²) in [6.45, 7) is 0. The van der Waals surface area contributed by atoms with Gasteiger partial charge in [-0.2, -0.15) is 0 Å². The molecule has 106 valence electrons. The lowest BCUT2D eigenvalue weighted by molar-refractivity contribution is 0.262. The Hall–Kier alpha value is -2.80. The van der Waals surface area contributed by atoms with Crippen molar-refractivity contribution in [2.45, 2.75) is 0 Å². The molecule has 6 nitrogen and oxygen atoms in total. The predicted octanol–water partition coefficient (Wildman–Crippen LogP) is 3.35. The zero-order valence-electron chi connectivity index (χ0n) is 10.7. The van der Waals surface area contributed by atoms with Crippen molar-refractivity contribution in [3.63, 3.8) is 0 Å². The van der Waals surface area contributed by atoms with Crippen molar-refractivity contribution >= 4 is 38.4 Å². The standard InChI is InChI=1S/C14H11N3O3S/c18-9-3-1-2-8(6-9)15-13(20)17-14-16-11-5-4-10(19)7-12(11)21-14/h1-7,18-19H,(H2,15,16,17,20). The smallest absolute Gasteiger partial charge is 0.325 e. The number of fused-ring (bicyclic) bond motifs is 1. The van der Waals surface area contributed by atoms with Gasteiger partial charge in [0.05, 0.1) is 10.2 Å². The molecule has 0 aliphatic rings. The van der Waals surface area contributed by atoms with E-state index in [0.29, 0.717) is 16.3 Å². The van der Waals surface area contributed by atoms with Crippen molar-refractivity contribution in [2.75, 3.05) is 10.6 Å².